The Bertz CT molecular complexity index is 540. The summed E-state index contributed by atoms with van der Waals surface area (Å²) < 4.78 is 0. The second-order valence-electron chi connectivity index (χ2n) is 6.37. The molecule has 0 aliphatic carbocycles. The van der Waals surface area contributed by atoms with Crippen molar-refractivity contribution in [2.75, 3.05) is 0 Å². The first-order valence-electron chi connectivity index (χ1n) is 7.12. The van der Waals surface area contributed by atoms with Crippen LogP contribution in [0.1, 0.15) is 40.2 Å². The average Bonchev–Trinajstić information content (AvgIpc) is 2.67. The molecule has 0 saturated carbocycles. The van der Waals surface area contributed by atoms with Crippen molar-refractivity contribution in [2.45, 2.75) is 47.1 Å². The standard InChI is InChI=1S/C10H9.C6H9.C4H10N.2CH3.Si.Ti/c1-8-6-9-4-2-3-5-10(9)7-8;1-5(2)6(3)4;1-4(2,3)5;;;;/h2-7H,1H3;1H,3H2,2,4H3;5H,1-3H3;2*1H3;;/q5*-1;;. The van der Waals surface area contributed by atoms with Crippen molar-refractivity contribution in [2.24, 2.45) is 0 Å². The van der Waals surface area contributed by atoms with E-state index in [-0.39, 0.29) is 53.1 Å². The maximum atomic E-state index is 6.94. The second kappa shape index (κ2) is 16.7. The Morgan fingerprint density at radius 2 is 1.48 bits per heavy atom. The van der Waals surface area contributed by atoms with Gasteiger partial charge < -0.3 is 20.6 Å². The third-order valence-corrected chi connectivity index (χ3v) is 2.44. The van der Waals surface area contributed by atoms with E-state index in [2.05, 4.69) is 49.9 Å². The second-order valence-corrected chi connectivity index (χ2v) is 6.37. The molecule has 0 aliphatic heterocycles. The van der Waals surface area contributed by atoms with Crippen LogP contribution < -0.4 is 0 Å². The number of hydrogen-bond donors (Lipinski definition) is 0. The molecule has 2 aromatic carbocycles. The number of fused-ring (bicyclic) bond motifs is 1. The van der Waals surface area contributed by atoms with Gasteiger partial charge in [-0.15, -0.1) is 53.1 Å². The summed E-state index contributed by atoms with van der Waals surface area (Å²) in [5.41, 5.74) is 9.80. The molecule has 2 aromatic rings. The number of allylic oxidation sites excluding steroid dienone is 2. The molecular formula is C22H34NSiTi-5. The predicted octanol–water partition coefficient (Wildman–Crippen LogP) is 7.16. The quantitative estimate of drug-likeness (QED) is 0.281. The number of rotatable bonds is 1. The molecule has 0 unspecified atom stereocenters. The third-order valence-electron chi connectivity index (χ3n) is 2.44. The van der Waals surface area contributed by atoms with E-state index in [1.165, 1.54) is 16.3 Å². The van der Waals surface area contributed by atoms with Crippen molar-refractivity contribution in [3.05, 3.63) is 86.9 Å². The first kappa shape index (κ1) is 35.3. The number of hydrogen-bond acceptors (Lipinski definition) is 0. The molecule has 0 fully saturated rings. The van der Waals surface area contributed by atoms with Gasteiger partial charge in [-0.25, -0.2) is 11.1 Å². The minimum absolute atomic E-state index is 0. The van der Waals surface area contributed by atoms with E-state index >= 15 is 0 Å². The molecule has 0 saturated heterocycles. The molecule has 0 atom stereocenters. The van der Waals surface area contributed by atoms with Gasteiger partial charge in [0.2, 0.25) is 0 Å². The first-order chi connectivity index (χ1) is 9.50. The van der Waals surface area contributed by atoms with Gasteiger partial charge in [-0.1, -0.05) is 40.7 Å². The average molecular weight is 388 g/mol. The Morgan fingerprint density at radius 3 is 1.80 bits per heavy atom. The minimum Gasteiger partial charge on any atom is -0.673 e. The van der Waals surface area contributed by atoms with Gasteiger partial charge in [0.05, 0.1) is 0 Å². The molecule has 2 rings (SSSR count). The zero-order chi connectivity index (χ0) is 16.6. The van der Waals surface area contributed by atoms with Gasteiger partial charge in [0.1, 0.15) is 0 Å². The van der Waals surface area contributed by atoms with Gasteiger partial charge in [0.25, 0.3) is 0 Å². The third kappa shape index (κ3) is 21.2. The Labute approximate surface area is 177 Å². The van der Waals surface area contributed by atoms with E-state index in [4.69, 9.17) is 12.3 Å². The summed E-state index contributed by atoms with van der Waals surface area (Å²) in [4.78, 5) is 0. The van der Waals surface area contributed by atoms with E-state index in [0.29, 0.717) is 0 Å². The van der Waals surface area contributed by atoms with Crippen LogP contribution in [0.25, 0.3) is 16.5 Å². The van der Waals surface area contributed by atoms with Gasteiger partial charge in [-0.3, -0.25) is 6.58 Å². The van der Waals surface area contributed by atoms with Crippen LogP contribution >= 0.6 is 0 Å². The molecule has 3 heteroatoms. The molecular weight excluding hydrogens is 354 g/mol. The van der Waals surface area contributed by atoms with Crippen LogP contribution in [0.4, 0.5) is 0 Å². The largest absolute Gasteiger partial charge is 0.673 e. The Balaban J connectivity index is -0.0000000798. The molecule has 1 nitrogen and oxygen atoms in total. The Kier molecular flexibility index (Phi) is 23.5. The van der Waals surface area contributed by atoms with Crippen LogP contribution in [0, 0.1) is 28.4 Å². The molecule has 0 aromatic heterocycles. The summed E-state index contributed by atoms with van der Waals surface area (Å²) in [5, 5.41) is 2.69. The predicted molar refractivity (Wildman–Crippen MR) is 115 cm³/mol. The molecule has 140 valence electrons. The van der Waals surface area contributed by atoms with Gasteiger partial charge >= 0.3 is 0 Å². The molecule has 0 bridgehead atoms. The van der Waals surface area contributed by atoms with Gasteiger partial charge in [0, 0.05) is 32.7 Å². The van der Waals surface area contributed by atoms with E-state index < -0.39 is 0 Å². The molecule has 0 spiro atoms. The molecule has 0 heterocycles. The van der Waals surface area contributed by atoms with Crippen LogP contribution in [0.15, 0.2) is 54.1 Å². The molecule has 0 aliphatic rings. The van der Waals surface area contributed by atoms with Gasteiger partial charge in [-0.2, -0.15) is 12.6 Å². The molecule has 1 N–H and O–H groups in total. The Hall–Kier alpha value is -0.799. The number of aryl methyl sites for hydroxylation is 1. The van der Waals surface area contributed by atoms with Crippen LogP contribution in [0.2, 0.25) is 0 Å². The fraction of sp³-hybridized carbons (Fsp3) is 0.318. The van der Waals surface area contributed by atoms with E-state index in [9.17, 15) is 0 Å². The van der Waals surface area contributed by atoms with Crippen molar-refractivity contribution in [1.82, 2.24) is 0 Å². The fourth-order valence-electron chi connectivity index (χ4n) is 1.31. The van der Waals surface area contributed by atoms with E-state index in [1.54, 1.807) is 0 Å². The fourth-order valence-corrected chi connectivity index (χ4v) is 1.31. The van der Waals surface area contributed by atoms with Crippen molar-refractivity contribution in [3.8, 4) is 0 Å². The van der Waals surface area contributed by atoms with E-state index in [1.807, 2.05) is 34.6 Å². The number of nitrogens with one attached hydrogen (secondary N) is 1. The summed E-state index contributed by atoms with van der Waals surface area (Å²) >= 11 is 0. The topological polar surface area (TPSA) is 23.8 Å². The zero-order valence-electron chi connectivity index (χ0n) is 17.2. The normalized spacial score (nSPS) is 8.44. The first-order valence-corrected chi connectivity index (χ1v) is 7.12. The van der Waals surface area contributed by atoms with Crippen molar-refractivity contribution >= 4 is 21.7 Å². The van der Waals surface area contributed by atoms with Crippen molar-refractivity contribution < 1.29 is 21.7 Å². The molecule has 25 heavy (non-hydrogen) atoms. The van der Waals surface area contributed by atoms with Gasteiger partial charge in [-0.05, 0) is 0 Å². The monoisotopic (exact) mass is 388 g/mol. The Morgan fingerprint density at radius 1 is 1.12 bits per heavy atom. The van der Waals surface area contributed by atoms with Crippen LogP contribution in [0.5, 0.6) is 0 Å². The van der Waals surface area contributed by atoms with Crippen LogP contribution in [-0.4, -0.2) is 16.5 Å². The summed E-state index contributed by atoms with van der Waals surface area (Å²) in [5.74, 6) is 0. The maximum Gasteiger partial charge on any atom is 0 e. The molecule has 0 amide bonds. The maximum absolute atomic E-state index is 6.94. The van der Waals surface area contributed by atoms with Crippen LogP contribution in [-0.2, 0) is 21.7 Å². The summed E-state index contributed by atoms with van der Waals surface area (Å²) in [6.45, 7) is 20.3. The van der Waals surface area contributed by atoms with Crippen LogP contribution in [0.3, 0.4) is 0 Å². The SMILES string of the molecule is CC(C)(C)[NH-].Cc1cc2ccccc2[cH-]1.[CH-]=C(C)C(=C)C.[CH3-].[CH3-].[Si].[Ti]. The van der Waals surface area contributed by atoms with Crippen molar-refractivity contribution in [3.63, 3.8) is 0 Å². The van der Waals surface area contributed by atoms with E-state index in [0.717, 1.165) is 11.1 Å². The number of benzene rings is 1. The molecule has 4 radical (unpaired) electrons. The minimum atomic E-state index is -0.250. The zero-order valence-corrected chi connectivity index (χ0v) is 19.8. The summed E-state index contributed by atoms with van der Waals surface area (Å²) in [6.07, 6.45) is 0. The summed E-state index contributed by atoms with van der Waals surface area (Å²) in [7, 11) is 0. The van der Waals surface area contributed by atoms with Crippen molar-refractivity contribution in [1.29, 1.82) is 0 Å². The van der Waals surface area contributed by atoms with Gasteiger partial charge in [0.15, 0.2) is 0 Å². The smallest absolute Gasteiger partial charge is 0 e. The summed E-state index contributed by atoms with van der Waals surface area (Å²) in [6, 6.07) is 12.8.